The fourth-order valence-electron chi connectivity index (χ4n) is 1.59. The Morgan fingerprint density at radius 3 is 2.86 bits per heavy atom. The Hall–Kier alpha value is -0.410. The number of aromatic nitrogens is 1. The third-order valence-corrected chi connectivity index (χ3v) is 3.26. The molecule has 1 saturated carbocycles. The van der Waals surface area contributed by atoms with Crippen LogP contribution in [0.1, 0.15) is 26.0 Å². The Kier molecular flexibility index (Phi) is 2.62. The van der Waals surface area contributed by atoms with Crippen molar-refractivity contribution in [3.63, 3.8) is 0 Å². The van der Waals surface area contributed by atoms with Crippen molar-refractivity contribution >= 4 is 15.9 Å². The van der Waals surface area contributed by atoms with E-state index in [4.69, 9.17) is 0 Å². The van der Waals surface area contributed by atoms with Crippen molar-refractivity contribution in [2.75, 3.05) is 0 Å². The minimum absolute atomic E-state index is 0.492. The number of halogens is 1. The molecule has 0 amide bonds. The maximum atomic E-state index is 4.37. The summed E-state index contributed by atoms with van der Waals surface area (Å²) in [5.74, 6) is 0. The van der Waals surface area contributed by atoms with Gasteiger partial charge in [-0.15, -0.1) is 0 Å². The Balaban J connectivity index is 1.87. The highest BCUT2D eigenvalue weighted by Gasteiger charge is 2.44. The van der Waals surface area contributed by atoms with Crippen molar-refractivity contribution in [2.24, 2.45) is 5.41 Å². The molecule has 0 bridgehead atoms. The van der Waals surface area contributed by atoms with E-state index in [0.717, 1.165) is 16.8 Å². The Morgan fingerprint density at radius 2 is 2.29 bits per heavy atom. The van der Waals surface area contributed by atoms with Crippen molar-refractivity contribution < 1.29 is 0 Å². The quantitative estimate of drug-likeness (QED) is 0.840. The second kappa shape index (κ2) is 3.63. The topological polar surface area (TPSA) is 24.9 Å². The van der Waals surface area contributed by atoms with Crippen LogP contribution in [0.3, 0.4) is 0 Å². The third-order valence-electron chi connectivity index (χ3n) is 2.82. The van der Waals surface area contributed by atoms with Crippen LogP contribution in [0.25, 0.3) is 0 Å². The zero-order valence-corrected chi connectivity index (χ0v) is 10.1. The molecule has 1 aromatic heterocycles. The third kappa shape index (κ3) is 2.34. The lowest BCUT2D eigenvalue weighted by atomic mass is 10.2. The van der Waals surface area contributed by atoms with Crippen LogP contribution < -0.4 is 5.32 Å². The minimum atomic E-state index is 0.492. The molecule has 1 unspecified atom stereocenters. The summed E-state index contributed by atoms with van der Waals surface area (Å²) in [7, 11) is 0. The van der Waals surface area contributed by atoms with E-state index in [1.807, 2.05) is 18.2 Å². The van der Waals surface area contributed by atoms with Crippen LogP contribution in [-0.2, 0) is 6.54 Å². The normalized spacial score (nSPS) is 23.5. The molecule has 2 rings (SSSR count). The van der Waals surface area contributed by atoms with Gasteiger partial charge >= 0.3 is 0 Å². The Labute approximate surface area is 93.3 Å². The SMILES string of the molecule is CC1(C)CC1NCc1cccc(Br)n1. The molecule has 0 aromatic carbocycles. The number of nitrogens with zero attached hydrogens (tertiary/aromatic N) is 1. The molecule has 0 saturated heterocycles. The minimum Gasteiger partial charge on any atom is -0.308 e. The summed E-state index contributed by atoms with van der Waals surface area (Å²) in [5.41, 5.74) is 1.59. The molecular weight excluding hydrogens is 240 g/mol. The maximum absolute atomic E-state index is 4.37. The molecule has 3 heteroatoms. The number of pyridine rings is 1. The summed E-state index contributed by atoms with van der Waals surface area (Å²) >= 11 is 3.37. The Morgan fingerprint density at radius 1 is 1.57 bits per heavy atom. The van der Waals surface area contributed by atoms with Gasteiger partial charge in [0.1, 0.15) is 4.60 Å². The zero-order valence-electron chi connectivity index (χ0n) is 8.55. The van der Waals surface area contributed by atoms with E-state index in [9.17, 15) is 0 Å². The summed E-state index contributed by atoms with van der Waals surface area (Å²) in [6, 6.07) is 6.69. The van der Waals surface area contributed by atoms with Crippen LogP contribution in [0.5, 0.6) is 0 Å². The molecule has 1 fully saturated rings. The summed E-state index contributed by atoms with van der Waals surface area (Å²) in [5, 5.41) is 3.51. The van der Waals surface area contributed by atoms with Gasteiger partial charge in [0, 0.05) is 12.6 Å². The molecule has 1 aliphatic carbocycles. The molecule has 0 aliphatic heterocycles. The van der Waals surface area contributed by atoms with Gasteiger partial charge in [0.05, 0.1) is 5.69 Å². The smallest absolute Gasteiger partial charge is 0.106 e. The average molecular weight is 255 g/mol. The van der Waals surface area contributed by atoms with Crippen molar-refractivity contribution in [1.82, 2.24) is 10.3 Å². The highest BCUT2D eigenvalue weighted by molar-refractivity contribution is 9.10. The van der Waals surface area contributed by atoms with Gasteiger partial charge in [0.15, 0.2) is 0 Å². The average Bonchev–Trinajstić information content (AvgIpc) is 2.71. The van der Waals surface area contributed by atoms with Gasteiger partial charge in [-0.2, -0.15) is 0 Å². The number of hydrogen-bond acceptors (Lipinski definition) is 2. The number of nitrogens with one attached hydrogen (secondary N) is 1. The van der Waals surface area contributed by atoms with E-state index in [1.54, 1.807) is 0 Å². The van der Waals surface area contributed by atoms with Gasteiger partial charge in [0.25, 0.3) is 0 Å². The molecule has 1 aromatic rings. The van der Waals surface area contributed by atoms with Crippen molar-refractivity contribution in [1.29, 1.82) is 0 Å². The second-order valence-electron chi connectivity index (χ2n) is 4.58. The lowest BCUT2D eigenvalue weighted by molar-refractivity contribution is 0.538. The van der Waals surface area contributed by atoms with Crippen molar-refractivity contribution in [3.8, 4) is 0 Å². The highest BCUT2D eigenvalue weighted by Crippen LogP contribution is 2.44. The second-order valence-corrected chi connectivity index (χ2v) is 5.39. The molecule has 0 radical (unpaired) electrons. The van der Waals surface area contributed by atoms with Gasteiger partial charge in [-0.05, 0) is 39.9 Å². The van der Waals surface area contributed by atoms with Crippen LogP contribution >= 0.6 is 15.9 Å². The largest absolute Gasteiger partial charge is 0.308 e. The van der Waals surface area contributed by atoms with Gasteiger partial charge in [0.2, 0.25) is 0 Å². The van der Waals surface area contributed by atoms with Crippen molar-refractivity contribution in [3.05, 3.63) is 28.5 Å². The molecular formula is C11H15BrN2. The maximum Gasteiger partial charge on any atom is 0.106 e. The van der Waals surface area contributed by atoms with Crippen LogP contribution in [0.4, 0.5) is 0 Å². The van der Waals surface area contributed by atoms with Gasteiger partial charge < -0.3 is 5.32 Å². The zero-order chi connectivity index (χ0) is 10.2. The van der Waals surface area contributed by atoms with Crippen LogP contribution in [0.15, 0.2) is 22.8 Å². The van der Waals surface area contributed by atoms with E-state index >= 15 is 0 Å². The first kappa shape index (κ1) is 10.1. The molecule has 2 nitrogen and oxygen atoms in total. The van der Waals surface area contributed by atoms with Gasteiger partial charge in [-0.1, -0.05) is 19.9 Å². The first-order valence-corrected chi connectivity index (χ1v) is 5.72. The summed E-state index contributed by atoms with van der Waals surface area (Å²) < 4.78 is 0.909. The van der Waals surface area contributed by atoms with Crippen molar-refractivity contribution in [2.45, 2.75) is 32.9 Å². The molecule has 1 atom stereocenters. The van der Waals surface area contributed by atoms with E-state index in [-0.39, 0.29) is 0 Å². The van der Waals surface area contributed by atoms with Crippen LogP contribution in [-0.4, -0.2) is 11.0 Å². The number of rotatable bonds is 3. The van der Waals surface area contributed by atoms with E-state index in [2.05, 4.69) is 40.1 Å². The summed E-state index contributed by atoms with van der Waals surface area (Å²) in [6.45, 7) is 5.45. The lowest BCUT2D eigenvalue weighted by Crippen LogP contribution is -2.20. The fraction of sp³-hybridized carbons (Fsp3) is 0.545. The molecule has 76 valence electrons. The van der Waals surface area contributed by atoms with E-state index in [1.165, 1.54) is 6.42 Å². The molecule has 1 aliphatic rings. The van der Waals surface area contributed by atoms with Crippen LogP contribution in [0.2, 0.25) is 0 Å². The number of hydrogen-bond donors (Lipinski definition) is 1. The predicted molar refractivity (Wildman–Crippen MR) is 61.0 cm³/mol. The first-order chi connectivity index (χ1) is 6.58. The Bertz CT molecular complexity index is 336. The molecule has 14 heavy (non-hydrogen) atoms. The fourth-order valence-corrected chi connectivity index (χ4v) is 1.97. The first-order valence-electron chi connectivity index (χ1n) is 4.93. The molecule has 0 spiro atoms. The van der Waals surface area contributed by atoms with Gasteiger partial charge in [-0.3, -0.25) is 0 Å². The predicted octanol–water partition coefficient (Wildman–Crippen LogP) is 2.73. The van der Waals surface area contributed by atoms with Gasteiger partial charge in [-0.25, -0.2) is 4.98 Å². The monoisotopic (exact) mass is 254 g/mol. The highest BCUT2D eigenvalue weighted by atomic mass is 79.9. The van der Waals surface area contributed by atoms with Crippen LogP contribution in [0, 0.1) is 5.41 Å². The summed E-state index contributed by atoms with van der Waals surface area (Å²) in [4.78, 5) is 4.37. The molecule has 1 N–H and O–H groups in total. The standard InChI is InChI=1S/C11H15BrN2/c1-11(2)6-9(11)13-7-8-4-3-5-10(12)14-8/h3-5,9,13H,6-7H2,1-2H3. The summed E-state index contributed by atoms with van der Waals surface area (Å²) in [6.07, 6.45) is 1.28. The lowest BCUT2D eigenvalue weighted by Gasteiger charge is -2.05. The van der Waals surface area contributed by atoms with E-state index in [0.29, 0.717) is 11.5 Å². The van der Waals surface area contributed by atoms with E-state index < -0.39 is 0 Å². The molecule has 1 heterocycles.